The first-order chi connectivity index (χ1) is 23.1. The lowest BCUT2D eigenvalue weighted by Crippen LogP contribution is -2.53. The number of alkyl halides is 2. The van der Waals surface area contributed by atoms with Gasteiger partial charge in [-0.3, -0.25) is 24.5 Å². The number of aromatic nitrogens is 4. The number of halogens is 3. The zero-order valence-corrected chi connectivity index (χ0v) is 28.1. The Morgan fingerprint density at radius 2 is 1.71 bits per heavy atom. The first-order valence-corrected chi connectivity index (χ1v) is 17.8. The van der Waals surface area contributed by atoms with Crippen molar-refractivity contribution < 1.29 is 21.9 Å². The molecule has 256 valence electrons. The molecule has 4 heterocycles. The topological polar surface area (TPSA) is 141 Å². The number of hydrogen-bond acceptors (Lipinski definition) is 12. The summed E-state index contributed by atoms with van der Waals surface area (Å²) in [5.41, 5.74) is 3.12. The van der Waals surface area contributed by atoms with Gasteiger partial charge in [0.2, 0.25) is 16.0 Å². The summed E-state index contributed by atoms with van der Waals surface area (Å²) in [6.45, 7) is 4.63. The highest BCUT2D eigenvalue weighted by atomic mass is 35.5. The molecule has 48 heavy (non-hydrogen) atoms. The Balaban J connectivity index is 1.13. The predicted molar refractivity (Wildman–Crippen MR) is 184 cm³/mol. The van der Waals surface area contributed by atoms with Crippen LogP contribution in [-0.4, -0.2) is 110 Å². The smallest absolute Gasteiger partial charge is 0.251 e. The fourth-order valence-electron chi connectivity index (χ4n) is 6.17. The molecule has 0 saturated carbocycles. The highest BCUT2D eigenvalue weighted by Crippen LogP contribution is 2.36. The van der Waals surface area contributed by atoms with Gasteiger partial charge in [-0.05, 0) is 37.1 Å². The van der Waals surface area contributed by atoms with Gasteiger partial charge in [0, 0.05) is 69.5 Å². The molecule has 0 bridgehead atoms. The van der Waals surface area contributed by atoms with Gasteiger partial charge in [0.1, 0.15) is 16.3 Å². The minimum absolute atomic E-state index is 0.144. The second-order valence-corrected chi connectivity index (χ2v) is 13.9. The Labute approximate surface area is 282 Å². The summed E-state index contributed by atoms with van der Waals surface area (Å²) in [5.74, 6) is 1.08. The predicted octanol–water partition coefficient (Wildman–Crippen LogP) is 4.79. The summed E-state index contributed by atoms with van der Waals surface area (Å²) in [6, 6.07) is 9.72. The summed E-state index contributed by atoms with van der Waals surface area (Å²) in [4.78, 5) is 24.1. The fraction of sp³-hybridized carbons (Fsp3) is 0.419. The summed E-state index contributed by atoms with van der Waals surface area (Å²) in [5, 5.41) is 6.52. The molecule has 0 unspecified atom stereocenters. The van der Waals surface area contributed by atoms with Crippen LogP contribution in [0.2, 0.25) is 5.02 Å². The van der Waals surface area contributed by atoms with E-state index in [-0.39, 0.29) is 29.0 Å². The van der Waals surface area contributed by atoms with Crippen LogP contribution in [-0.2, 0) is 10.0 Å². The third-order valence-corrected chi connectivity index (χ3v) is 9.36. The number of nitrogens with zero attached hydrogens (tertiary/aromatic N) is 7. The molecular formula is C31H37ClF2N10O3S. The lowest BCUT2D eigenvalue weighted by Gasteiger charge is -2.43. The largest absolute Gasteiger partial charge is 0.494 e. The van der Waals surface area contributed by atoms with Crippen molar-refractivity contribution in [1.82, 2.24) is 29.7 Å². The summed E-state index contributed by atoms with van der Waals surface area (Å²) in [6.07, 6.45) is 5.20. The number of methoxy groups -OCH3 is 1. The van der Waals surface area contributed by atoms with E-state index < -0.39 is 16.4 Å². The van der Waals surface area contributed by atoms with Crippen molar-refractivity contribution in [2.75, 3.05) is 79.4 Å². The van der Waals surface area contributed by atoms with E-state index in [1.54, 1.807) is 19.2 Å². The molecule has 2 aliphatic rings. The molecule has 2 aliphatic heterocycles. The number of fused-ring (bicyclic) bond motifs is 1. The van der Waals surface area contributed by atoms with Crippen LogP contribution in [0.3, 0.4) is 0 Å². The quantitative estimate of drug-likeness (QED) is 0.198. The van der Waals surface area contributed by atoms with Crippen LogP contribution in [0.1, 0.15) is 12.8 Å². The average Bonchev–Trinajstić information content (AvgIpc) is 3.07. The molecule has 2 aromatic heterocycles. The first kappa shape index (κ1) is 33.8. The number of hydrogen-bond donors (Lipinski definition) is 3. The summed E-state index contributed by atoms with van der Waals surface area (Å²) < 4.78 is 58.1. The highest BCUT2D eigenvalue weighted by Gasteiger charge is 2.28. The van der Waals surface area contributed by atoms with Crippen molar-refractivity contribution >= 4 is 67.2 Å². The lowest BCUT2D eigenvalue weighted by atomic mass is 10.0. The van der Waals surface area contributed by atoms with Crippen LogP contribution in [0.25, 0.3) is 11.0 Å². The molecule has 0 atom stereocenters. The molecule has 3 N–H and O–H groups in total. The Bertz CT molecular complexity index is 1860. The van der Waals surface area contributed by atoms with Crippen molar-refractivity contribution in [1.29, 1.82) is 0 Å². The van der Waals surface area contributed by atoms with Gasteiger partial charge in [-0.15, -0.1) is 0 Å². The van der Waals surface area contributed by atoms with Gasteiger partial charge in [0.05, 0.1) is 48.7 Å². The van der Waals surface area contributed by atoms with Crippen molar-refractivity contribution in [2.45, 2.75) is 25.3 Å². The number of rotatable bonds is 11. The van der Waals surface area contributed by atoms with Gasteiger partial charge in [-0.1, -0.05) is 11.6 Å². The molecule has 4 aromatic rings. The average molecular weight is 703 g/mol. The molecule has 2 saturated heterocycles. The molecule has 2 aromatic carbocycles. The van der Waals surface area contributed by atoms with Crippen molar-refractivity contribution in [3.8, 4) is 5.75 Å². The fourth-order valence-corrected chi connectivity index (χ4v) is 6.88. The number of ether oxygens (including phenoxy) is 1. The molecule has 0 spiro atoms. The Morgan fingerprint density at radius 1 is 0.979 bits per heavy atom. The molecule has 0 radical (unpaired) electrons. The standard InChI is InChI=1S/C31H37ClF2N10O3S/c1-47-26-17-21(43-11-7-20(8-12-43)44-15-13-42(14-16-44)19-27(33)34)3-4-23(26)39-31-37-18-22(32)30(40-31)38-25-6-5-24-28(36-10-9-35-24)29(25)41-48(2,45)46/h3-6,9-10,17-18,20,27,41H,7-8,11-16,19H2,1-2H3,(H2,37,38,39,40). The lowest BCUT2D eigenvalue weighted by molar-refractivity contribution is 0.0392. The minimum atomic E-state index is -3.65. The molecule has 17 heteroatoms. The number of benzene rings is 2. The first-order valence-electron chi connectivity index (χ1n) is 15.5. The molecule has 0 aliphatic carbocycles. The molecule has 0 amide bonds. The van der Waals surface area contributed by atoms with Crippen molar-refractivity contribution in [2.24, 2.45) is 0 Å². The van der Waals surface area contributed by atoms with E-state index in [4.69, 9.17) is 16.3 Å². The second-order valence-electron chi connectivity index (χ2n) is 11.8. The molecule has 13 nitrogen and oxygen atoms in total. The third kappa shape index (κ3) is 8.11. The van der Waals surface area contributed by atoms with Gasteiger partial charge < -0.3 is 20.3 Å². The van der Waals surface area contributed by atoms with Gasteiger partial charge in [-0.2, -0.15) is 4.98 Å². The van der Waals surface area contributed by atoms with E-state index in [0.29, 0.717) is 47.3 Å². The Morgan fingerprint density at radius 3 is 2.42 bits per heavy atom. The Kier molecular flexibility index (Phi) is 10.2. The third-order valence-electron chi connectivity index (χ3n) is 8.51. The number of piperazine rings is 1. The van der Waals surface area contributed by atoms with Crippen LogP contribution < -0.4 is 25.0 Å². The van der Waals surface area contributed by atoms with E-state index in [9.17, 15) is 17.2 Å². The van der Waals surface area contributed by atoms with Crippen LogP contribution in [0.5, 0.6) is 5.75 Å². The maximum atomic E-state index is 12.8. The highest BCUT2D eigenvalue weighted by molar-refractivity contribution is 7.92. The van der Waals surface area contributed by atoms with Crippen LogP contribution in [0, 0.1) is 0 Å². The van der Waals surface area contributed by atoms with Crippen molar-refractivity contribution in [3.63, 3.8) is 0 Å². The number of nitrogens with one attached hydrogen (secondary N) is 3. The monoisotopic (exact) mass is 702 g/mol. The van der Waals surface area contributed by atoms with Crippen LogP contribution in [0.4, 0.5) is 43.3 Å². The second kappa shape index (κ2) is 14.6. The van der Waals surface area contributed by atoms with E-state index in [1.807, 2.05) is 23.1 Å². The molecular weight excluding hydrogens is 666 g/mol. The maximum Gasteiger partial charge on any atom is 0.251 e. The maximum absolute atomic E-state index is 12.8. The number of anilines is 6. The zero-order valence-electron chi connectivity index (χ0n) is 26.5. The van der Waals surface area contributed by atoms with Crippen LogP contribution >= 0.6 is 11.6 Å². The van der Waals surface area contributed by atoms with Gasteiger partial charge in [0.25, 0.3) is 6.43 Å². The zero-order chi connectivity index (χ0) is 33.8. The van der Waals surface area contributed by atoms with E-state index in [0.717, 1.165) is 51.0 Å². The SMILES string of the molecule is COc1cc(N2CCC(N3CCN(CC(F)F)CC3)CC2)ccc1Nc1ncc(Cl)c(Nc2ccc3nccnc3c2NS(C)(=O)=O)n1. The van der Waals surface area contributed by atoms with Crippen molar-refractivity contribution in [3.05, 3.63) is 53.9 Å². The van der Waals surface area contributed by atoms with Gasteiger partial charge in [0.15, 0.2) is 5.82 Å². The van der Waals surface area contributed by atoms with Gasteiger partial charge >= 0.3 is 0 Å². The molecule has 2 fully saturated rings. The van der Waals surface area contributed by atoms with E-state index in [1.165, 1.54) is 18.6 Å². The van der Waals surface area contributed by atoms with E-state index >= 15 is 0 Å². The van der Waals surface area contributed by atoms with Crippen LogP contribution in [0.15, 0.2) is 48.9 Å². The summed E-state index contributed by atoms with van der Waals surface area (Å²) in [7, 11) is -2.06. The minimum Gasteiger partial charge on any atom is -0.494 e. The van der Waals surface area contributed by atoms with E-state index in [2.05, 4.69) is 45.1 Å². The Hall–Kier alpha value is -4.12. The number of piperidine rings is 1. The summed E-state index contributed by atoms with van der Waals surface area (Å²) >= 11 is 6.46. The molecule has 6 rings (SSSR count). The normalized spacial score (nSPS) is 16.8. The number of sulfonamides is 1. The van der Waals surface area contributed by atoms with Gasteiger partial charge in [-0.25, -0.2) is 22.2 Å².